The van der Waals surface area contributed by atoms with Crippen molar-refractivity contribution in [3.8, 4) is 0 Å². The molecule has 0 saturated heterocycles. The predicted molar refractivity (Wildman–Crippen MR) is 101 cm³/mol. The Balaban J connectivity index is 0.00000225. The van der Waals surface area contributed by atoms with Gasteiger partial charge in [-0.15, -0.1) is 12.4 Å². The summed E-state index contributed by atoms with van der Waals surface area (Å²) in [6, 6.07) is 14.1. The summed E-state index contributed by atoms with van der Waals surface area (Å²) in [7, 11) is 0. The fraction of sp³-hybridized carbons (Fsp3) is 0.350. The third kappa shape index (κ3) is 4.51. The molecule has 1 fully saturated rings. The van der Waals surface area contributed by atoms with Crippen LogP contribution in [-0.4, -0.2) is 5.91 Å². The first kappa shape index (κ1) is 19.3. The number of nitrogens with one attached hydrogen (secondary N) is 1. The molecule has 2 aromatic carbocycles. The molecule has 0 spiro atoms. The van der Waals surface area contributed by atoms with E-state index in [0.29, 0.717) is 12.8 Å². The van der Waals surface area contributed by atoms with Gasteiger partial charge in [0.05, 0.1) is 5.54 Å². The fourth-order valence-corrected chi connectivity index (χ4v) is 3.57. The molecule has 1 aliphatic rings. The third-order valence-corrected chi connectivity index (χ3v) is 4.91. The van der Waals surface area contributed by atoms with Crippen LogP contribution in [0.3, 0.4) is 0 Å². The molecule has 1 saturated carbocycles. The van der Waals surface area contributed by atoms with Crippen LogP contribution in [0.1, 0.15) is 43.2 Å². The van der Waals surface area contributed by atoms with Crippen LogP contribution in [-0.2, 0) is 16.8 Å². The molecule has 134 valence electrons. The first-order valence-electron chi connectivity index (χ1n) is 8.49. The van der Waals surface area contributed by atoms with Gasteiger partial charge in [0, 0.05) is 12.1 Å². The van der Waals surface area contributed by atoms with E-state index in [9.17, 15) is 9.18 Å². The van der Waals surface area contributed by atoms with Crippen LogP contribution in [0.2, 0.25) is 0 Å². The first-order chi connectivity index (χ1) is 11.6. The number of carbonyl (C=O) groups excluding carboxylic acids is 1. The Bertz CT molecular complexity index is 712. The maximum atomic E-state index is 13.2. The maximum Gasteiger partial charge on any atom is 0.221 e. The molecule has 0 bridgehead atoms. The fourth-order valence-electron chi connectivity index (χ4n) is 3.57. The van der Waals surface area contributed by atoms with Crippen molar-refractivity contribution >= 4 is 24.0 Å². The summed E-state index contributed by atoms with van der Waals surface area (Å²) in [6.07, 6.45) is 4.97. The number of rotatable bonds is 5. The number of aryl methyl sites for hydroxylation is 1. The van der Waals surface area contributed by atoms with Gasteiger partial charge in [0.15, 0.2) is 0 Å². The number of benzene rings is 2. The number of hydrogen-bond donors (Lipinski definition) is 2. The second kappa shape index (κ2) is 8.34. The Morgan fingerprint density at radius 2 is 1.72 bits per heavy atom. The van der Waals surface area contributed by atoms with Gasteiger partial charge >= 0.3 is 0 Å². The molecule has 0 atom stereocenters. The van der Waals surface area contributed by atoms with Gasteiger partial charge in [-0.2, -0.15) is 0 Å². The van der Waals surface area contributed by atoms with Crippen molar-refractivity contribution in [1.82, 2.24) is 5.32 Å². The third-order valence-electron chi connectivity index (χ3n) is 4.91. The zero-order chi connectivity index (χ0) is 17.0. The molecule has 5 heteroatoms. The van der Waals surface area contributed by atoms with Crippen molar-refractivity contribution in [3.63, 3.8) is 0 Å². The Hall–Kier alpha value is -2.07. The van der Waals surface area contributed by atoms with Crippen molar-refractivity contribution in [1.29, 1.82) is 0 Å². The summed E-state index contributed by atoms with van der Waals surface area (Å²) in [4.78, 5) is 12.5. The number of carbonyl (C=O) groups is 1. The Morgan fingerprint density at radius 3 is 2.36 bits per heavy atom. The van der Waals surface area contributed by atoms with Gasteiger partial charge in [-0.1, -0.05) is 43.2 Å². The van der Waals surface area contributed by atoms with Crippen molar-refractivity contribution in [2.45, 2.75) is 44.1 Å². The van der Waals surface area contributed by atoms with E-state index in [-0.39, 0.29) is 29.7 Å². The lowest BCUT2D eigenvalue weighted by Crippen LogP contribution is -2.43. The summed E-state index contributed by atoms with van der Waals surface area (Å²) in [5.74, 6) is -0.234. The zero-order valence-electron chi connectivity index (χ0n) is 14.1. The van der Waals surface area contributed by atoms with Gasteiger partial charge in [0.2, 0.25) is 5.91 Å². The van der Waals surface area contributed by atoms with Gasteiger partial charge in [0.1, 0.15) is 5.82 Å². The van der Waals surface area contributed by atoms with Crippen molar-refractivity contribution in [2.24, 2.45) is 0 Å². The highest BCUT2D eigenvalue weighted by atomic mass is 35.5. The van der Waals surface area contributed by atoms with E-state index < -0.39 is 0 Å². The minimum atomic E-state index is -0.354. The smallest absolute Gasteiger partial charge is 0.221 e. The van der Waals surface area contributed by atoms with Crippen LogP contribution in [0.25, 0.3) is 0 Å². The summed E-state index contributed by atoms with van der Waals surface area (Å²) in [5, 5.41) is 3.22. The molecule has 3 nitrogen and oxygen atoms in total. The number of amides is 1. The van der Waals surface area contributed by atoms with Gasteiger partial charge in [0.25, 0.3) is 0 Å². The number of halogens is 2. The van der Waals surface area contributed by atoms with Crippen LogP contribution >= 0.6 is 12.4 Å². The lowest BCUT2D eigenvalue weighted by atomic mass is 9.87. The second-order valence-electron chi connectivity index (χ2n) is 6.54. The average Bonchev–Trinajstić information content (AvgIpc) is 3.04. The second-order valence-corrected chi connectivity index (χ2v) is 6.54. The van der Waals surface area contributed by atoms with Gasteiger partial charge in [-0.3, -0.25) is 4.79 Å². The molecule has 0 radical (unpaired) electrons. The van der Waals surface area contributed by atoms with Crippen molar-refractivity contribution in [3.05, 3.63) is 65.5 Å². The highest BCUT2D eigenvalue weighted by molar-refractivity contribution is 5.85. The summed E-state index contributed by atoms with van der Waals surface area (Å²) >= 11 is 0. The van der Waals surface area contributed by atoms with Crippen LogP contribution in [0.4, 0.5) is 10.1 Å². The lowest BCUT2D eigenvalue weighted by Gasteiger charge is -2.31. The van der Waals surface area contributed by atoms with Gasteiger partial charge in [-0.25, -0.2) is 4.39 Å². The highest BCUT2D eigenvalue weighted by Gasteiger charge is 2.36. The predicted octanol–water partition coefficient (Wildman–Crippen LogP) is 4.35. The van der Waals surface area contributed by atoms with Gasteiger partial charge in [-0.05, 0) is 48.6 Å². The molecular formula is C20H24ClFN2O. The molecule has 3 rings (SSSR count). The lowest BCUT2D eigenvalue weighted by molar-refractivity contribution is -0.123. The van der Waals surface area contributed by atoms with E-state index in [1.165, 1.54) is 12.1 Å². The maximum absolute atomic E-state index is 13.2. The number of nitrogens with two attached hydrogens (primary N) is 1. The number of anilines is 1. The normalized spacial score (nSPS) is 15.4. The summed E-state index contributed by atoms with van der Waals surface area (Å²) in [6.45, 7) is 0. The highest BCUT2D eigenvalue weighted by Crippen LogP contribution is 2.38. The monoisotopic (exact) mass is 362 g/mol. The van der Waals surface area contributed by atoms with E-state index in [1.54, 1.807) is 12.1 Å². The topological polar surface area (TPSA) is 55.1 Å². The van der Waals surface area contributed by atoms with Crippen LogP contribution < -0.4 is 11.1 Å². The molecule has 0 aliphatic heterocycles. The van der Waals surface area contributed by atoms with E-state index >= 15 is 0 Å². The SMILES string of the molecule is Cl.Nc1ccccc1CCC(=O)NC1(c2ccc(F)cc2)CCCC1. The van der Waals surface area contributed by atoms with Crippen molar-refractivity contribution < 1.29 is 9.18 Å². The Morgan fingerprint density at radius 1 is 1.08 bits per heavy atom. The number of hydrogen-bond acceptors (Lipinski definition) is 2. The number of para-hydroxylation sites is 1. The zero-order valence-corrected chi connectivity index (χ0v) is 14.9. The molecule has 0 heterocycles. The molecule has 3 N–H and O–H groups in total. The molecule has 25 heavy (non-hydrogen) atoms. The standard InChI is InChI=1S/C20H23FN2O.ClH/c21-17-10-8-16(9-11-17)20(13-3-4-14-20)23-19(24)12-7-15-5-1-2-6-18(15)22;/h1-2,5-6,8-11H,3-4,7,12-14,22H2,(H,23,24);1H. The summed E-state index contributed by atoms with van der Waals surface area (Å²) in [5.41, 5.74) is 8.29. The van der Waals surface area contributed by atoms with Crippen LogP contribution in [0, 0.1) is 5.82 Å². The van der Waals surface area contributed by atoms with Crippen molar-refractivity contribution in [2.75, 3.05) is 5.73 Å². The first-order valence-corrected chi connectivity index (χ1v) is 8.49. The van der Waals surface area contributed by atoms with E-state index in [2.05, 4.69) is 5.32 Å². The van der Waals surface area contributed by atoms with E-state index in [4.69, 9.17) is 5.73 Å². The minimum Gasteiger partial charge on any atom is -0.399 e. The average molecular weight is 363 g/mol. The van der Waals surface area contributed by atoms with Crippen LogP contribution in [0.15, 0.2) is 48.5 Å². The molecular weight excluding hydrogens is 339 g/mol. The van der Waals surface area contributed by atoms with E-state index in [1.807, 2.05) is 24.3 Å². The van der Waals surface area contributed by atoms with Gasteiger partial charge < -0.3 is 11.1 Å². The molecule has 0 unspecified atom stereocenters. The Kier molecular flexibility index (Phi) is 6.43. The quantitative estimate of drug-likeness (QED) is 0.777. The largest absolute Gasteiger partial charge is 0.399 e. The number of nitrogen functional groups attached to an aromatic ring is 1. The molecule has 1 aliphatic carbocycles. The van der Waals surface area contributed by atoms with Crippen LogP contribution in [0.5, 0.6) is 0 Å². The molecule has 1 amide bonds. The molecule has 0 aromatic heterocycles. The minimum absolute atomic E-state index is 0. The summed E-state index contributed by atoms with van der Waals surface area (Å²) < 4.78 is 13.2. The molecule has 2 aromatic rings. The Labute approximate surface area is 154 Å². The van der Waals surface area contributed by atoms with E-state index in [0.717, 1.165) is 42.5 Å².